The Morgan fingerprint density at radius 2 is 2.10 bits per heavy atom. The summed E-state index contributed by atoms with van der Waals surface area (Å²) in [5.74, 6) is 1.69. The first-order chi connectivity index (χ1) is 14.6. The van der Waals surface area contributed by atoms with Gasteiger partial charge in [0, 0.05) is 17.4 Å². The van der Waals surface area contributed by atoms with E-state index in [1.807, 2.05) is 30.3 Å². The molecule has 3 heterocycles. The molecule has 1 amide bonds. The molecule has 4 rings (SSSR count). The van der Waals surface area contributed by atoms with Gasteiger partial charge in [-0.05, 0) is 43.7 Å². The van der Waals surface area contributed by atoms with E-state index in [4.69, 9.17) is 9.15 Å². The van der Waals surface area contributed by atoms with Crippen molar-refractivity contribution in [1.82, 2.24) is 14.5 Å². The number of hydrogen-bond acceptors (Lipinski definition) is 6. The Morgan fingerprint density at radius 1 is 1.23 bits per heavy atom. The first-order valence-electron chi connectivity index (χ1n) is 9.46. The van der Waals surface area contributed by atoms with Gasteiger partial charge < -0.3 is 19.0 Å². The van der Waals surface area contributed by atoms with Crippen molar-refractivity contribution in [3.63, 3.8) is 0 Å². The van der Waals surface area contributed by atoms with Gasteiger partial charge in [0.15, 0.2) is 0 Å². The van der Waals surface area contributed by atoms with E-state index in [0.29, 0.717) is 18.0 Å². The lowest BCUT2D eigenvalue weighted by atomic mass is 10.2. The number of methoxy groups -OCH3 is 1. The van der Waals surface area contributed by atoms with E-state index in [0.717, 1.165) is 33.1 Å². The summed E-state index contributed by atoms with van der Waals surface area (Å²) in [5, 5.41) is 4.66. The maximum atomic E-state index is 12.5. The highest BCUT2D eigenvalue weighted by Crippen LogP contribution is 2.32. The third-order valence-electron chi connectivity index (χ3n) is 4.96. The number of benzene rings is 1. The van der Waals surface area contributed by atoms with E-state index < -0.39 is 0 Å². The molecule has 8 heteroatoms. The minimum Gasteiger partial charge on any atom is -0.497 e. The Hall–Kier alpha value is -3.26. The lowest BCUT2D eigenvalue weighted by Gasteiger charge is -2.08. The van der Waals surface area contributed by atoms with Crippen LogP contribution in [0.15, 0.2) is 58.4 Å². The molecule has 0 saturated heterocycles. The highest BCUT2D eigenvalue weighted by atomic mass is 32.2. The van der Waals surface area contributed by atoms with Crippen LogP contribution in [0.3, 0.4) is 0 Å². The highest BCUT2D eigenvalue weighted by Gasteiger charge is 2.18. The van der Waals surface area contributed by atoms with Gasteiger partial charge in [-0.3, -0.25) is 4.79 Å². The Balaban J connectivity index is 1.53. The number of aromatic nitrogens is 3. The van der Waals surface area contributed by atoms with Gasteiger partial charge in [0.2, 0.25) is 5.91 Å². The van der Waals surface area contributed by atoms with E-state index in [2.05, 4.69) is 33.7 Å². The fourth-order valence-corrected chi connectivity index (χ4v) is 4.18. The van der Waals surface area contributed by atoms with Gasteiger partial charge in [0.05, 0.1) is 31.1 Å². The zero-order valence-electron chi connectivity index (χ0n) is 17.0. The molecule has 154 valence electrons. The van der Waals surface area contributed by atoms with Crippen molar-refractivity contribution >= 4 is 34.4 Å². The monoisotopic (exact) mass is 422 g/mol. The molecule has 0 unspecified atom stereocenters. The number of nitrogens with one attached hydrogen (secondary N) is 1. The van der Waals surface area contributed by atoms with Gasteiger partial charge in [0.25, 0.3) is 0 Å². The zero-order valence-corrected chi connectivity index (χ0v) is 17.8. The number of nitrogens with zero attached hydrogens (tertiary/aromatic N) is 3. The summed E-state index contributed by atoms with van der Waals surface area (Å²) >= 11 is 1.40. The number of furan rings is 1. The van der Waals surface area contributed by atoms with Crippen LogP contribution in [-0.2, 0) is 11.3 Å². The number of anilines is 1. The second-order valence-corrected chi connectivity index (χ2v) is 7.79. The molecule has 0 spiro atoms. The van der Waals surface area contributed by atoms with Crippen LogP contribution in [0, 0.1) is 13.8 Å². The molecular formula is C22H22N4O3S. The van der Waals surface area contributed by atoms with Crippen molar-refractivity contribution in [2.75, 3.05) is 18.2 Å². The Morgan fingerprint density at radius 3 is 2.87 bits per heavy atom. The fourth-order valence-electron chi connectivity index (χ4n) is 3.33. The van der Waals surface area contributed by atoms with Crippen LogP contribution in [0.25, 0.3) is 11.0 Å². The molecule has 3 aromatic heterocycles. The van der Waals surface area contributed by atoms with Gasteiger partial charge in [-0.2, -0.15) is 0 Å². The fraction of sp³-hybridized carbons (Fsp3) is 0.227. The standard InChI is InChI=1S/C22H22N4O3S/c1-14-15(2)26(11-18-8-5-9-29-18)21-20(14)22(24-13-23-21)30-12-19(27)25-16-6-4-7-17(10-16)28-3/h4-10,13H,11-12H2,1-3H3,(H,25,27). The van der Waals surface area contributed by atoms with Gasteiger partial charge >= 0.3 is 0 Å². The second kappa shape index (κ2) is 8.62. The Kier molecular flexibility index (Phi) is 5.76. The minimum absolute atomic E-state index is 0.107. The van der Waals surface area contributed by atoms with E-state index in [9.17, 15) is 4.79 Å². The van der Waals surface area contributed by atoms with Crippen molar-refractivity contribution in [3.8, 4) is 5.75 Å². The topological polar surface area (TPSA) is 82.2 Å². The average Bonchev–Trinajstić information content (AvgIpc) is 3.35. The smallest absolute Gasteiger partial charge is 0.234 e. The zero-order chi connectivity index (χ0) is 21.1. The summed E-state index contributed by atoms with van der Waals surface area (Å²) in [6.07, 6.45) is 3.21. The second-order valence-electron chi connectivity index (χ2n) is 6.82. The molecule has 0 aliphatic heterocycles. The van der Waals surface area contributed by atoms with Crippen LogP contribution >= 0.6 is 11.8 Å². The SMILES string of the molecule is COc1cccc(NC(=O)CSc2ncnc3c2c(C)c(C)n3Cc2ccco2)c1. The number of amides is 1. The van der Waals surface area contributed by atoms with Crippen LogP contribution in [0.2, 0.25) is 0 Å². The number of thioether (sulfide) groups is 1. The molecule has 30 heavy (non-hydrogen) atoms. The lowest BCUT2D eigenvalue weighted by molar-refractivity contribution is -0.113. The molecule has 0 fully saturated rings. The first-order valence-corrected chi connectivity index (χ1v) is 10.4. The molecule has 7 nitrogen and oxygen atoms in total. The third kappa shape index (κ3) is 4.04. The van der Waals surface area contributed by atoms with Crippen molar-refractivity contribution < 1.29 is 13.9 Å². The molecule has 0 bridgehead atoms. The number of rotatable bonds is 7. The molecular weight excluding hydrogens is 400 g/mol. The maximum absolute atomic E-state index is 12.5. The van der Waals surface area contributed by atoms with Crippen LogP contribution < -0.4 is 10.1 Å². The van der Waals surface area contributed by atoms with Crippen LogP contribution in [0.1, 0.15) is 17.0 Å². The van der Waals surface area contributed by atoms with E-state index in [1.165, 1.54) is 11.8 Å². The predicted octanol–water partition coefficient (Wildman–Crippen LogP) is 4.43. The largest absolute Gasteiger partial charge is 0.497 e. The molecule has 0 aliphatic rings. The summed E-state index contributed by atoms with van der Waals surface area (Å²) in [4.78, 5) is 21.4. The van der Waals surface area contributed by atoms with Gasteiger partial charge in [0.1, 0.15) is 28.5 Å². The number of aryl methyl sites for hydroxylation is 1. The molecule has 1 aromatic carbocycles. The van der Waals surface area contributed by atoms with E-state index in [-0.39, 0.29) is 11.7 Å². The Labute approximate surface area is 178 Å². The number of carbonyl (C=O) groups is 1. The third-order valence-corrected chi connectivity index (χ3v) is 5.95. The summed E-state index contributed by atoms with van der Waals surface area (Å²) < 4.78 is 12.8. The number of ether oxygens (including phenoxy) is 1. The summed E-state index contributed by atoms with van der Waals surface area (Å²) in [5.41, 5.74) is 3.74. The van der Waals surface area contributed by atoms with Crippen molar-refractivity contribution in [2.24, 2.45) is 0 Å². The quantitative estimate of drug-likeness (QED) is 0.350. The lowest BCUT2D eigenvalue weighted by Crippen LogP contribution is -2.14. The number of fused-ring (bicyclic) bond motifs is 1. The van der Waals surface area contributed by atoms with Gasteiger partial charge in [-0.15, -0.1) is 0 Å². The molecule has 4 aromatic rings. The molecule has 0 aliphatic carbocycles. The molecule has 0 radical (unpaired) electrons. The van der Waals surface area contributed by atoms with Crippen molar-refractivity contribution in [1.29, 1.82) is 0 Å². The number of hydrogen-bond donors (Lipinski definition) is 1. The van der Waals surface area contributed by atoms with Crippen molar-refractivity contribution in [3.05, 3.63) is 66.0 Å². The van der Waals surface area contributed by atoms with Crippen molar-refractivity contribution in [2.45, 2.75) is 25.4 Å². The Bertz CT molecular complexity index is 1180. The summed E-state index contributed by atoms with van der Waals surface area (Å²) in [6, 6.07) is 11.1. The van der Waals surface area contributed by atoms with Crippen LogP contribution in [0.5, 0.6) is 5.75 Å². The summed E-state index contributed by atoms with van der Waals surface area (Å²) in [7, 11) is 1.60. The highest BCUT2D eigenvalue weighted by molar-refractivity contribution is 8.00. The average molecular weight is 423 g/mol. The number of carbonyl (C=O) groups excluding carboxylic acids is 1. The molecule has 1 N–H and O–H groups in total. The normalized spacial score (nSPS) is 11.0. The van der Waals surface area contributed by atoms with Crippen LogP contribution in [-0.4, -0.2) is 33.3 Å². The summed E-state index contributed by atoms with van der Waals surface area (Å²) in [6.45, 7) is 4.71. The van der Waals surface area contributed by atoms with Gasteiger partial charge in [-0.25, -0.2) is 9.97 Å². The van der Waals surface area contributed by atoms with Gasteiger partial charge in [-0.1, -0.05) is 17.8 Å². The predicted molar refractivity (Wildman–Crippen MR) is 117 cm³/mol. The molecule has 0 atom stereocenters. The van der Waals surface area contributed by atoms with E-state index in [1.54, 1.807) is 25.8 Å². The minimum atomic E-state index is -0.107. The van der Waals surface area contributed by atoms with E-state index >= 15 is 0 Å². The molecule has 0 saturated carbocycles. The maximum Gasteiger partial charge on any atom is 0.234 e. The van der Waals surface area contributed by atoms with Crippen LogP contribution in [0.4, 0.5) is 5.69 Å². The first kappa shape index (κ1) is 20.0.